The number of ether oxygens (including phenoxy) is 1. The van der Waals surface area contributed by atoms with E-state index in [0.717, 1.165) is 25.7 Å². The van der Waals surface area contributed by atoms with E-state index in [-0.39, 0.29) is 18.2 Å². The molecule has 1 N–H and O–H groups in total. The lowest BCUT2D eigenvalue weighted by Crippen LogP contribution is -2.62. The highest BCUT2D eigenvalue weighted by molar-refractivity contribution is 7.98. The topological polar surface area (TPSA) is 97.6 Å². The van der Waals surface area contributed by atoms with Crippen molar-refractivity contribution < 1.29 is 14.6 Å². The zero-order valence-corrected chi connectivity index (χ0v) is 20.1. The van der Waals surface area contributed by atoms with Crippen LogP contribution in [0.25, 0.3) is 10.9 Å². The molecular formula is C23H32N4O4S. The molecule has 2 aromatic heterocycles. The van der Waals surface area contributed by atoms with E-state index in [0.29, 0.717) is 35.6 Å². The maximum Gasteiger partial charge on any atom is 0.410 e. The van der Waals surface area contributed by atoms with E-state index in [4.69, 9.17) is 4.74 Å². The summed E-state index contributed by atoms with van der Waals surface area (Å²) >= 11 is 1.43. The van der Waals surface area contributed by atoms with Gasteiger partial charge >= 0.3 is 6.09 Å². The van der Waals surface area contributed by atoms with E-state index < -0.39 is 16.6 Å². The zero-order chi connectivity index (χ0) is 23.1. The second-order valence-electron chi connectivity index (χ2n) is 10.1. The van der Waals surface area contributed by atoms with Gasteiger partial charge in [0.25, 0.3) is 5.56 Å². The Bertz CT molecular complexity index is 1070. The van der Waals surface area contributed by atoms with E-state index >= 15 is 0 Å². The lowest BCUT2D eigenvalue weighted by Gasteiger charge is -2.52. The molecule has 4 rings (SSSR count). The maximum absolute atomic E-state index is 13.2. The van der Waals surface area contributed by atoms with Crippen LogP contribution in [0.4, 0.5) is 4.79 Å². The first-order valence-corrected chi connectivity index (χ1v) is 12.4. The Hall–Kier alpha value is -2.13. The standard InChI is InChI=1S/C23H32N4O4S/c1-21(2,3)31-20(29)27-12-10-23(30,22(14-27)8-5-6-9-22)15-26-11-7-17-16(18(26)28)13-24-19(25-17)32-4/h7,11,13,30H,5-6,8-10,12,14-15H2,1-4H3/t23-/m0/s1. The van der Waals surface area contributed by atoms with Gasteiger partial charge in [0.15, 0.2) is 5.16 Å². The average Bonchev–Trinajstić information content (AvgIpc) is 3.21. The molecule has 8 nitrogen and oxygen atoms in total. The second-order valence-corrected chi connectivity index (χ2v) is 10.8. The number of hydrogen-bond acceptors (Lipinski definition) is 7. The number of rotatable bonds is 3. The van der Waals surface area contributed by atoms with Crippen LogP contribution in [0.1, 0.15) is 52.9 Å². The number of fused-ring (bicyclic) bond motifs is 1. The van der Waals surface area contributed by atoms with Crippen molar-refractivity contribution >= 4 is 28.8 Å². The van der Waals surface area contributed by atoms with Crippen LogP contribution in [0.3, 0.4) is 0 Å². The maximum atomic E-state index is 13.2. The highest BCUT2D eigenvalue weighted by Gasteiger charge is 2.56. The molecule has 32 heavy (non-hydrogen) atoms. The fraction of sp³-hybridized carbons (Fsp3) is 0.652. The van der Waals surface area contributed by atoms with Crippen LogP contribution in [0.5, 0.6) is 0 Å². The molecular weight excluding hydrogens is 428 g/mol. The molecule has 1 saturated carbocycles. The summed E-state index contributed by atoms with van der Waals surface area (Å²) in [5.74, 6) is 0. The molecule has 1 amide bonds. The summed E-state index contributed by atoms with van der Waals surface area (Å²) in [6, 6.07) is 1.80. The van der Waals surface area contributed by atoms with Gasteiger partial charge < -0.3 is 19.3 Å². The summed E-state index contributed by atoms with van der Waals surface area (Å²) < 4.78 is 7.16. The first-order chi connectivity index (χ1) is 15.1. The third kappa shape index (κ3) is 4.24. The Morgan fingerprint density at radius 2 is 2.00 bits per heavy atom. The van der Waals surface area contributed by atoms with Crippen LogP contribution in [-0.2, 0) is 11.3 Å². The van der Waals surface area contributed by atoms with Crippen molar-refractivity contribution in [1.82, 2.24) is 19.4 Å². The Balaban J connectivity index is 1.62. The molecule has 1 aliphatic carbocycles. The molecule has 0 unspecified atom stereocenters. The minimum atomic E-state index is -1.08. The summed E-state index contributed by atoms with van der Waals surface area (Å²) in [6.07, 6.45) is 8.88. The Kier molecular flexibility index (Phi) is 6.00. The SMILES string of the molecule is CSc1ncc2c(=O)n(C[C@@]3(O)CCN(C(=O)OC(C)(C)C)CC34CCCC4)ccc2n1. The average molecular weight is 461 g/mol. The molecule has 0 bridgehead atoms. The number of aromatic nitrogens is 3. The lowest BCUT2D eigenvalue weighted by molar-refractivity contribution is -0.140. The second kappa shape index (κ2) is 8.33. The Morgan fingerprint density at radius 1 is 1.28 bits per heavy atom. The van der Waals surface area contributed by atoms with Gasteiger partial charge in [0, 0.05) is 30.9 Å². The van der Waals surface area contributed by atoms with Gasteiger partial charge in [-0.05, 0) is 52.4 Å². The molecule has 2 aromatic rings. The fourth-order valence-corrected chi connectivity index (χ4v) is 5.49. The summed E-state index contributed by atoms with van der Waals surface area (Å²) in [5.41, 5.74) is -1.70. The lowest BCUT2D eigenvalue weighted by atomic mass is 9.66. The van der Waals surface area contributed by atoms with Crippen LogP contribution in [-0.4, -0.2) is 61.2 Å². The van der Waals surface area contributed by atoms with Gasteiger partial charge in [-0.25, -0.2) is 14.8 Å². The number of carbonyl (C=O) groups excluding carboxylic acids is 1. The van der Waals surface area contributed by atoms with E-state index in [2.05, 4.69) is 9.97 Å². The third-order valence-corrected chi connectivity index (χ3v) is 7.36. The van der Waals surface area contributed by atoms with Crippen molar-refractivity contribution in [3.8, 4) is 0 Å². The molecule has 3 heterocycles. The number of amides is 1. The van der Waals surface area contributed by atoms with Crippen LogP contribution < -0.4 is 5.56 Å². The summed E-state index contributed by atoms with van der Waals surface area (Å²) in [5, 5.41) is 13.0. The van der Waals surface area contributed by atoms with Crippen LogP contribution in [0.15, 0.2) is 28.4 Å². The third-order valence-electron chi connectivity index (χ3n) is 6.80. The minimum absolute atomic E-state index is 0.189. The molecule has 1 spiro atoms. The van der Waals surface area contributed by atoms with E-state index in [9.17, 15) is 14.7 Å². The van der Waals surface area contributed by atoms with Crippen molar-refractivity contribution in [2.45, 2.75) is 75.8 Å². The van der Waals surface area contributed by atoms with Crippen molar-refractivity contribution in [2.75, 3.05) is 19.3 Å². The number of piperidine rings is 1. The largest absolute Gasteiger partial charge is 0.444 e. The van der Waals surface area contributed by atoms with Crippen LogP contribution in [0, 0.1) is 5.41 Å². The number of aliphatic hydroxyl groups is 1. The summed E-state index contributed by atoms with van der Waals surface area (Å²) in [6.45, 7) is 6.60. The molecule has 9 heteroatoms. The van der Waals surface area contributed by atoms with Gasteiger partial charge in [0.2, 0.25) is 0 Å². The monoisotopic (exact) mass is 460 g/mol. The molecule has 2 aliphatic rings. The minimum Gasteiger partial charge on any atom is -0.444 e. The number of pyridine rings is 1. The molecule has 1 aliphatic heterocycles. The highest BCUT2D eigenvalue weighted by atomic mass is 32.2. The van der Waals surface area contributed by atoms with Gasteiger partial charge in [-0.1, -0.05) is 24.6 Å². The highest BCUT2D eigenvalue weighted by Crippen LogP contribution is 2.51. The molecule has 1 saturated heterocycles. The molecule has 2 fully saturated rings. The predicted octanol–water partition coefficient (Wildman–Crippen LogP) is 3.45. The van der Waals surface area contributed by atoms with Crippen molar-refractivity contribution in [1.29, 1.82) is 0 Å². The fourth-order valence-electron chi connectivity index (χ4n) is 5.14. The van der Waals surface area contributed by atoms with Crippen molar-refractivity contribution in [3.63, 3.8) is 0 Å². The van der Waals surface area contributed by atoms with Crippen LogP contribution in [0.2, 0.25) is 0 Å². The number of hydrogen-bond donors (Lipinski definition) is 1. The summed E-state index contributed by atoms with van der Waals surface area (Å²) in [7, 11) is 0. The predicted molar refractivity (Wildman–Crippen MR) is 124 cm³/mol. The number of likely N-dealkylation sites (tertiary alicyclic amines) is 1. The number of thioether (sulfide) groups is 1. The summed E-state index contributed by atoms with van der Waals surface area (Å²) in [4.78, 5) is 36.3. The van der Waals surface area contributed by atoms with E-state index in [1.807, 2.05) is 27.0 Å². The normalized spacial score (nSPS) is 23.1. The smallest absolute Gasteiger partial charge is 0.410 e. The molecule has 0 aromatic carbocycles. The van der Waals surface area contributed by atoms with Gasteiger partial charge in [0.1, 0.15) is 5.60 Å². The molecule has 0 radical (unpaired) electrons. The number of carbonyl (C=O) groups is 1. The zero-order valence-electron chi connectivity index (χ0n) is 19.3. The Morgan fingerprint density at radius 3 is 2.66 bits per heavy atom. The first-order valence-electron chi connectivity index (χ1n) is 11.2. The van der Waals surface area contributed by atoms with Crippen molar-refractivity contribution in [2.24, 2.45) is 5.41 Å². The van der Waals surface area contributed by atoms with Gasteiger partial charge in [-0.15, -0.1) is 0 Å². The molecule has 174 valence electrons. The Labute approximate surface area is 192 Å². The van der Waals surface area contributed by atoms with Crippen molar-refractivity contribution in [3.05, 3.63) is 28.8 Å². The quantitative estimate of drug-likeness (QED) is 0.553. The molecule has 1 atom stereocenters. The van der Waals surface area contributed by atoms with E-state index in [1.165, 1.54) is 11.8 Å². The van der Waals surface area contributed by atoms with Gasteiger partial charge in [-0.3, -0.25) is 4.79 Å². The first kappa shape index (κ1) is 23.0. The number of nitrogens with zero attached hydrogens (tertiary/aromatic N) is 4. The van der Waals surface area contributed by atoms with Gasteiger partial charge in [0.05, 0.1) is 23.0 Å². The van der Waals surface area contributed by atoms with Crippen LogP contribution >= 0.6 is 11.8 Å². The van der Waals surface area contributed by atoms with Gasteiger partial charge in [-0.2, -0.15) is 0 Å². The van der Waals surface area contributed by atoms with E-state index in [1.54, 1.807) is 27.9 Å².